The maximum atomic E-state index is 12.8. The van der Waals surface area contributed by atoms with Crippen molar-refractivity contribution in [1.29, 1.82) is 0 Å². The summed E-state index contributed by atoms with van der Waals surface area (Å²) in [6, 6.07) is 0. The molecule has 1 aliphatic heterocycles. The molecule has 3 aliphatic carbocycles. The molecule has 0 bridgehead atoms. The highest BCUT2D eigenvalue weighted by Crippen LogP contribution is 2.89. The number of hydrogen-bond donors (Lipinski definition) is 0. The molecule has 3 fully saturated rings. The van der Waals surface area contributed by atoms with Crippen molar-refractivity contribution in [3.05, 3.63) is 11.1 Å². The van der Waals surface area contributed by atoms with E-state index in [9.17, 15) is 14.4 Å². The van der Waals surface area contributed by atoms with Gasteiger partial charge in [-0.25, -0.2) is 0 Å². The minimum Gasteiger partial charge on any atom is -0.469 e. The molecule has 4 rings (SSSR count). The average Bonchev–Trinajstić information content (AvgIpc) is 3.35. The van der Waals surface area contributed by atoms with E-state index < -0.39 is 40.2 Å². The Balaban J connectivity index is 2.00. The van der Waals surface area contributed by atoms with Crippen LogP contribution in [0.1, 0.15) is 13.8 Å². The lowest BCUT2D eigenvalue weighted by Gasteiger charge is -2.24. The van der Waals surface area contributed by atoms with E-state index in [-0.39, 0.29) is 5.78 Å². The Morgan fingerprint density at radius 2 is 1.71 bits per heavy atom. The van der Waals surface area contributed by atoms with Crippen LogP contribution in [0.4, 0.5) is 0 Å². The maximum absolute atomic E-state index is 12.8. The molecule has 1 saturated heterocycles. The van der Waals surface area contributed by atoms with Crippen molar-refractivity contribution in [2.45, 2.75) is 19.4 Å². The largest absolute Gasteiger partial charge is 0.469 e. The highest BCUT2D eigenvalue weighted by Gasteiger charge is 3.02. The summed E-state index contributed by atoms with van der Waals surface area (Å²) in [7, 11) is 2.56. The predicted molar refractivity (Wildman–Crippen MR) is 67.9 cm³/mol. The second kappa shape index (κ2) is 3.21. The standard InChI is InChI=1S/C15H16O6/c1-6-7(2)14(11(17)19-3)9-10(16)13(5-21-13)8(6)15(9,14)12(18)20-4/h8-9H,5H2,1-4H3/t8?,9?,13-,14?,15?/m0/s1. The van der Waals surface area contributed by atoms with Crippen LogP contribution in [0, 0.1) is 22.7 Å². The molecule has 5 atom stereocenters. The third-order valence-corrected chi connectivity index (χ3v) is 6.16. The zero-order valence-corrected chi connectivity index (χ0v) is 12.3. The van der Waals surface area contributed by atoms with Gasteiger partial charge in [0.15, 0.2) is 11.4 Å². The van der Waals surface area contributed by atoms with Gasteiger partial charge in [0, 0.05) is 5.92 Å². The van der Waals surface area contributed by atoms with E-state index in [4.69, 9.17) is 14.2 Å². The first kappa shape index (κ1) is 13.0. The number of carbonyl (C=O) groups excluding carboxylic acids is 3. The molecular weight excluding hydrogens is 276 g/mol. The molecule has 6 nitrogen and oxygen atoms in total. The van der Waals surface area contributed by atoms with Crippen LogP contribution in [0.15, 0.2) is 11.1 Å². The van der Waals surface area contributed by atoms with Crippen molar-refractivity contribution in [2.75, 3.05) is 20.8 Å². The van der Waals surface area contributed by atoms with E-state index in [0.29, 0.717) is 6.61 Å². The Morgan fingerprint density at radius 3 is 2.19 bits per heavy atom. The van der Waals surface area contributed by atoms with Gasteiger partial charge in [0.25, 0.3) is 0 Å². The summed E-state index contributed by atoms with van der Waals surface area (Å²) in [5.41, 5.74) is -1.62. The fourth-order valence-corrected chi connectivity index (χ4v) is 5.35. The number of epoxide rings is 1. The van der Waals surface area contributed by atoms with E-state index in [1.807, 2.05) is 6.92 Å². The summed E-state index contributed by atoms with van der Waals surface area (Å²) in [4.78, 5) is 37.8. The summed E-state index contributed by atoms with van der Waals surface area (Å²) in [6.45, 7) is 3.98. The molecule has 0 radical (unpaired) electrons. The van der Waals surface area contributed by atoms with Gasteiger partial charge in [0.05, 0.1) is 26.7 Å². The molecule has 0 aromatic heterocycles. The Kier molecular flexibility index (Phi) is 1.99. The second-order valence-corrected chi connectivity index (χ2v) is 6.38. The predicted octanol–water partition coefficient (Wildman–Crippen LogP) is 0.253. The van der Waals surface area contributed by atoms with E-state index in [1.54, 1.807) is 6.92 Å². The van der Waals surface area contributed by atoms with Gasteiger partial charge >= 0.3 is 11.9 Å². The van der Waals surface area contributed by atoms with Crippen LogP contribution >= 0.6 is 0 Å². The molecule has 4 aliphatic rings. The van der Waals surface area contributed by atoms with Crippen molar-refractivity contribution in [3.63, 3.8) is 0 Å². The Hall–Kier alpha value is -1.69. The third kappa shape index (κ3) is 0.882. The smallest absolute Gasteiger partial charge is 0.317 e. The van der Waals surface area contributed by atoms with E-state index in [2.05, 4.69) is 0 Å². The monoisotopic (exact) mass is 292 g/mol. The van der Waals surface area contributed by atoms with Gasteiger partial charge in [0.1, 0.15) is 10.8 Å². The first-order valence-electron chi connectivity index (χ1n) is 6.92. The Labute approximate surface area is 121 Å². The van der Waals surface area contributed by atoms with Crippen molar-refractivity contribution in [1.82, 2.24) is 0 Å². The molecule has 112 valence electrons. The van der Waals surface area contributed by atoms with E-state index in [1.165, 1.54) is 14.2 Å². The number of ketones is 1. The fourth-order valence-electron chi connectivity index (χ4n) is 5.35. The summed E-state index contributed by atoms with van der Waals surface area (Å²) < 4.78 is 15.4. The summed E-state index contributed by atoms with van der Waals surface area (Å²) >= 11 is 0. The molecule has 21 heavy (non-hydrogen) atoms. The summed E-state index contributed by atoms with van der Waals surface area (Å²) in [5, 5.41) is 0. The molecule has 2 saturated carbocycles. The number of carbonyl (C=O) groups is 3. The molecule has 0 amide bonds. The second-order valence-electron chi connectivity index (χ2n) is 6.38. The number of esters is 2. The topological polar surface area (TPSA) is 82.2 Å². The van der Waals surface area contributed by atoms with E-state index in [0.717, 1.165) is 11.1 Å². The van der Waals surface area contributed by atoms with Crippen LogP contribution in [0.5, 0.6) is 0 Å². The molecule has 1 heterocycles. The third-order valence-electron chi connectivity index (χ3n) is 6.16. The van der Waals surface area contributed by atoms with Crippen LogP contribution in [0.3, 0.4) is 0 Å². The van der Waals surface area contributed by atoms with Crippen LogP contribution in [-0.4, -0.2) is 44.1 Å². The quantitative estimate of drug-likeness (QED) is 0.412. The maximum Gasteiger partial charge on any atom is 0.317 e. The van der Waals surface area contributed by atoms with Gasteiger partial charge in [-0.2, -0.15) is 0 Å². The van der Waals surface area contributed by atoms with Crippen LogP contribution < -0.4 is 0 Å². The molecular formula is C15H16O6. The molecule has 6 heteroatoms. The zero-order valence-electron chi connectivity index (χ0n) is 12.3. The minimum atomic E-state index is -1.18. The molecule has 0 N–H and O–H groups in total. The fraction of sp³-hybridized carbons (Fsp3) is 0.667. The summed E-state index contributed by atoms with van der Waals surface area (Å²) in [5.74, 6) is -2.31. The normalized spacial score (nSPS) is 48.5. The molecule has 0 aromatic carbocycles. The number of Topliss-reactive ketones (excluding diaryl/α,β-unsaturated/α-hetero) is 1. The van der Waals surface area contributed by atoms with E-state index >= 15 is 0 Å². The number of rotatable bonds is 2. The van der Waals surface area contributed by atoms with Crippen LogP contribution in [-0.2, 0) is 28.6 Å². The van der Waals surface area contributed by atoms with Gasteiger partial charge < -0.3 is 14.2 Å². The molecule has 0 aromatic rings. The average molecular weight is 292 g/mol. The van der Waals surface area contributed by atoms with Crippen LogP contribution in [0.2, 0.25) is 0 Å². The SMILES string of the molecule is COC(=O)C12C(C)=C(C)C3C1(C(=O)OC)C2C(=O)[C@]31CO1. The van der Waals surface area contributed by atoms with Gasteiger partial charge in [-0.15, -0.1) is 0 Å². The lowest BCUT2D eigenvalue weighted by molar-refractivity contribution is -0.157. The van der Waals surface area contributed by atoms with Gasteiger partial charge in [-0.05, 0) is 13.8 Å². The van der Waals surface area contributed by atoms with Gasteiger partial charge in [0.2, 0.25) is 0 Å². The molecule has 1 spiro atoms. The number of hydrogen-bond acceptors (Lipinski definition) is 6. The minimum absolute atomic E-state index is 0.153. The highest BCUT2D eigenvalue weighted by atomic mass is 16.6. The first-order valence-corrected chi connectivity index (χ1v) is 6.92. The number of ether oxygens (including phenoxy) is 3. The van der Waals surface area contributed by atoms with Gasteiger partial charge in [-0.3, -0.25) is 14.4 Å². The number of methoxy groups -OCH3 is 2. The lowest BCUT2D eigenvalue weighted by atomic mass is 9.78. The van der Waals surface area contributed by atoms with Crippen LogP contribution in [0.25, 0.3) is 0 Å². The van der Waals surface area contributed by atoms with Crippen molar-refractivity contribution in [3.8, 4) is 0 Å². The zero-order chi connectivity index (χ0) is 15.4. The van der Waals surface area contributed by atoms with Crippen molar-refractivity contribution >= 4 is 17.7 Å². The summed E-state index contributed by atoms with van der Waals surface area (Å²) in [6.07, 6.45) is 0. The number of fused-ring (bicyclic) bond motifs is 2. The highest BCUT2D eigenvalue weighted by molar-refractivity contribution is 6.17. The Bertz CT molecular complexity index is 657. The lowest BCUT2D eigenvalue weighted by Crippen LogP contribution is -2.41. The first-order chi connectivity index (χ1) is 9.88. The van der Waals surface area contributed by atoms with Gasteiger partial charge in [-0.1, -0.05) is 11.1 Å². The Morgan fingerprint density at radius 1 is 1.14 bits per heavy atom. The molecule has 4 unspecified atom stereocenters. The van der Waals surface area contributed by atoms with Crippen molar-refractivity contribution in [2.24, 2.45) is 22.7 Å². The van der Waals surface area contributed by atoms with Crippen molar-refractivity contribution < 1.29 is 28.6 Å².